The average Bonchev–Trinajstić information content (AvgIpc) is 2.36. The summed E-state index contributed by atoms with van der Waals surface area (Å²) in [5, 5.41) is 2.35. The van der Waals surface area contributed by atoms with Crippen LogP contribution in [0.5, 0.6) is 11.5 Å². The lowest BCUT2D eigenvalue weighted by Gasteiger charge is -2.09. The molecule has 0 spiro atoms. The predicted octanol–water partition coefficient (Wildman–Crippen LogP) is -0.368. The van der Waals surface area contributed by atoms with Crippen molar-refractivity contribution >= 4 is 17.5 Å². The number of rotatable bonds is 3. The van der Waals surface area contributed by atoms with Crippen molar-refractivity contribution in [2.24, 2.45) is 5.84 Å². The molecular weight excluding hydrogens is 226 g/mol. The van der Waals surface area contributed by atoms with E-state index in [4.69, 9.17) is 15.3 Å². The van der Waals surface area contributed by atoms with Gasteiger partial charge in [-0.1, -0.05) is 0 Å². The van der Waals surface area contributed by atoms with Crippen LogP contribution in [0.2, 0.25) is 0 Å². The van der Waals surface area contributed by atoms with Crippen molar-refractivity contribution in [3.8, 4) is 11.5 Å². The summed E-state index contributed by atoms with van der Waals surface area (Å²) in [7, 11) is 2.96. The number of anilines is 1. The van der Waals surface area contributed by atoms with Crippen molar-refractivity contribution in [3.63, 3.8) is 0 Å². The van der Waals surface area contributed by atoms with E-state index in [0.29, 0.717) is 17.2 Å². The molecule has 7 heteroatoms. The molecule has 7 nitrogen and oxygen atoms in total. The second kappa shape index (κ2) is 5.71. The maximum Gasteiger partial charge on any atom is 0.323 e. The standard InChI is InChI=1S/C10H13N3O4/c1-16-7-3-6(4-8(5-7)17-2)12-9(14)10(15)13-11/h3-5H,11H2,1-2H3,(H,12,14)(H,13,15). The van der Waals surface area contributed by atoms with Crippen LogP contribution >= 0.6 is 0 Å². The van der Waals surface area contributed by atoms with Gasteiger partial charge in [0.25, 0.3) is 0 Å². The molecule has 1 rings (SSSR count). The normalized spacial score (nSPS) is 9.35. The van der Waals surface area contributed by atoms with Crippen molar-refractivity contribution in [2.45, 2.75) is 0 Å². The highest BCUT2D eigenvalue weighted by atomic mass is 16.5. The van der Waals surface area contributed by atoms with Crippen LogP contribution in [0.3, 0.4) is 0 Å². The van der Waals surface area contributed by atoms with Gasteiger partial charge in [0.05, 0.1) is 14.2 Å². The molecule has 4 N–H and O–H groups in total. The number of hydrogen-bond donors (Lipinski definition) is 3. The molecule has 0 saturated carbocycles. The Labute approximate surface area is 97.9 Å². The summed E-state index contributed by atoms with van der Waals surface area (Å²) in [6, 6.07) is 4.73. The van der Waals surface area contributed by atoms with E-state index < -0.39 is 11.8 Å². The van der Waals surface area contributed by atoms with Gasteiger partial charge in [-0.15, -0.1) is 0 Å². The second-order valence-electron chi connectivity index (χ2n) is 3.03. The third-order valence-corrected chi connectivity index (χ3v) is 1.95. The number of nitrogens with two attached hydrogens (primary N) is 1. The van der Waals surface area contributed by atoms with Crippen LogP contribution in [0.25, 0.3) is 0 Å². The molecule has 92 valence electrons. The fraction of sp³-hybridized carbons (Fsp3) is 0.200. The van der Waals surface area contributed by atoms with Gasteiger partial charge in [-0.25, -0.2) is 5.84 Å². The lowest BCUT2D eigenvalue weighted by atomic mass is 10.2. The van der Waals surface area contributed by atoms with Crippen LogP contribution in [0.15, 0.2) is 18.2 Å². The summed E-state index contributed by atoms with van der Waals surface area (Å²) >= 11 is 0. The zero-order valence-electron chi connectivity index (χ0n) is 9.44. The lowest BCUT2D eigenvalue weighted by molar-refractivity contribution is -0.136. The van der Waals surface area contributed by atoms with E-state index in [0.717, 1.165) is 0 Å². The largest absolute Gasteiger partial charge is 0.497 e. The number of benzene rings is 1. The molecule has 0 unspecified atom stereocenters. The minimum absolute atomic E-state index is 0.370. The fourth-order valence-corrected chi connectivity index (χ4v) is 1.13. The molecule has 0 heterocycles. The number of hydrazine groups is 1. The first kappa shape index (κ1) is 12.8. The van der Waals surface area contributed by atoms with Crippen LogP contribution in [-0.2, 0) is 9.59 Å². The fourth-order valence-electron chi connectivity index (χ4n) is 1.13. The maximum atomic E-state index is 11.3. The van der Waals surface area contributed by atoms with E-state index in [2.05, 4.69) is 5.32 Å². The predicted molar refractivity (Wildman–Crippen MR) is 60.5 cm³/mol. The van der Waals surface area contributed by atoms with Crippen LogP contribution in [0.1, 0.15) is 0 Å². The zero-order chi connectivity index (χ0) is 12.8. The Morgan fingerprint density at radius 1 is 1.06 bits per heavy atom. The first-order valence-electron chi connectivity index (χ1n) is 4.65. The van der Waals surface area contributed by atoms with Gasteiger partial charge >= 0.3 is 11.8 Å². The SMILES string of the molecule is COc1cc(NC(=O)C(=O)NN)cc(OC)c1. The van der Waals surface area contributed by atoms with E-state index in [1.54, 1.807) is 23.6 Å². The number of methoxy groups -OCH3 is 2. The molecular formula is C10H13N3O4. The van der Waals surface area contributed by atoms with Gasteiger partial charge in [0, 0.05) is 23.9 Å². The summed E-state index contributed by atoms with van der Waals surface area (Å²) < 4.78 is 10.0. The summed E-state index contributed by atoms with van der Waals surface area (Å²) in [5.74, 6) is 4.01. The average molecular weight is 239 g/mol. The molecule has 0 saturated heterocycles. The molecule has 0 aromatic heterocycles. The molecule has 17 heavy (non-hydrogen) atoms. The van der Waals surface area contributed by atoms with E-state index in [-0.39, 0.29) is 0 Å². The number of ether oxygens (including phenoxy) is 2. The van der Waals surface area contributed by atoms with Crippen molar-refractivity contribution < 1.29 is 19.1 Å². The van der Waals surface area contributed by atoms with Crippen LogP contribution in [0, 0.1) is 0 Å². The summed E-state index contributed by atoms with van der Waals surface area (Å²) in [6.45, 7) is 0. The molecule has 2 amide bonds. The quantitative estimate of drug-likeness (QED) is 0.289. The van der Waals surface area contributed by atoms with Crippen LogP contribution < -0.4 is 26.1 Å². The summed E-state index contributed by atoms with van der Waals surface area (Å²) in [5.41, 5.74) is 2.10. The molecule has 0 aliphatic rings. The number of nitrogens with one attached hydrogen (secondary N) is 2. The monoisotopic (exact) mass is 239 g/mol. The Kier molecular flexibility index (Phi) is 4.29. The third kappa shape index (κ3) is 3.35. The molecule has 0 radical (unpaired) electrons. The Bertz CT molecular complexity index is 411. The smallest absolute Gasteiger partial charge is 0.323 e. The van der Waals surface area contributed by atoms with Gasteiger partial charge in [0.2, 0.25) is 0 Å². The minimum Gasteiger partial charge on any atom is -0.497 e. The molecule has 1 aromatic carbocycles. The van der Waals surface area contributed by atoms with Gasteiger partial charge < -0.3 is 14.8 Å². The maximum absolute atomic E-state index is 11.3. The number of amides is 2. The zero-order valence-corrected chi connectivity index (χ0v) is 9.44. The van der Waals surface area contributed by atoms with E-state index in [1.165, 1.54) is 14.2 Å². The Balaban J connectivity index is 2.90. The van der Waals surface area contributed by atoms with Gasteiger partial charge in [0.1, 0.15) is 11.5 Å². The number of carbonyl (C=O) groups is 2. The number of hydrogen-bond acceptors (Lipinski definition) is 5. The molecule has 0 bridgehead atoms. The molecule has 0 aliphatic carbocycles. The van der Waals surface area contributed by atoms with Gasteiger partial charge in [-0.2, -0.15) is 0 Å². The van der Waals surface area contributed by atoms with Gasteiger partial charge in [-0.3, -0.25) is 15.0 Å². The third-order valence-electron chi connectivity index (χ3n) is 1.95. The molecule has 1 aromatic rings. The van der Waals surface area contributed by atoms with Crippen molar-refractivity contribution in [1.82, 2.24) is 5.43 Å². The topological polar surface area (TPSA) is 103 Å². The van der Waals surface area contributed by atoms with Gasteiger partial charge in [0.15, 0.2) is 0 Å². The summed E-state index contributed by atoms with van der Waals surface area (Å²) in [6.07, 6.45) is 0. The second-order valence-corrected chi connectivity index (χ2v) is 3.03. The van der Waals surface area contributed by atoms with Crippen molar-refractivity contribution in [2.75, 3.05) is 19.5 Å². The minimum atomic E-state index is -0.938. The molecule has 0 fully saturated rings. The Morgan fingerprint density at radius 3 is 2.00 bits per heavy atom. The lowest BCUT2D eigenvalue weighted by Crippen LogP contribution is -2.39. The van der Waals surface area contributed by atoms with Crippen molar-refractivity contribution in [3.05, 3.63) is 18.2 Å². The Hall–Kier alpha value is -2.28. The van der Waals surface area contributed by atoms with E-state index >= 15 is 0 Å². The Morgan fingerprint density at radius 2 is 1.59 bits per heavy atom. The van der Waals surface area contributed by atoms with Crippen LogP contribution in [-0.4, -0.2) is 26.0 Å². The molecule has 0 aliphatic heterocycles. The molecule has 0 atom stereocenters. The first-order chi connectivity index (χ1) is 8.10. The highest BCUT2D eigenvalue weighted by molar-refractivity contribution is 6.39. The number of carbonyl (C=O) groups excluding carboxylic acids is 2. The highest BCUT2D eigenvalue weighted by Crippen LogP contribution is 2.25. The first-order valence-corrected chi connectivity index (χ1v) is 4.65. The van der Waals surface area contributed by atoms with Crippen molar-refractivity contribution in [1.29, 1.82) is 0 Å². The van der Waals surface area contributed by atoms with E-state index in [9.17, 15) is 9.59 Å². The van der Waals surface area contributed by atoms with Gasteiger partial charge in [-0.05, 0) is 0 Å². The highest BCUT2D eigenvalue weighted by Gasteiger charge is 2.12. The van der Waals surface area contributed by atoms with E-state index in [1.807, 2.05) is 0 Å². The van der Waals surface area contributed by atoms with Crippen LogP contribution in [0.4, 0.5) is 5.69 Å². The summed E-state index contributed by atoms with van der Waals surface area (Å²) in [4.78, 5) is 22.2.